The highest BCUT2D eigenvalue weighted by Gasteiger charge is 2.20. The van der Waals surface area contributed by atoms with Crippen LogP contribution in [-0.2, 0) is 12.8 Å². The van der Waals surface area contributed by atoms with Gasteiger partial charge in [-0.25, -0.2) is 9.78 Å². The highest BCUT2D eigenvalue weighted by Crippen LogP contribution is 2.29. The molecule has 6 nitrogen and oxygen atoms in total. The molecule has 0 bridgehead atoms. The Balaban J connectivity index is 1.39. The Kier molecular flexibility index (Phi) is 6.96. The van der Waals surface area contributed by atoms with E-state index in [0.29, 0.717) is 28.6 Å². The average molecular weight is 473 g/mol. The van der Waals surface area contributed by atoms with E-state index in [-0.39, 0.29) is 16.8 Å². The lowest BCUT2D eigenvalue weighted by molar-refractivity contribution is 0.0696. The van der Waals surface area contributed by atoms with Crippen molar-refractivity contribution in [3.05, 3.63) is 87.2 Å². The van der Waals surface area contributed by atoms with Gasteiger partial charge in [-0.2, -0.15) is 0 Å². The molecule has 166 valence electrons. The second-order valence-electron chi connectivity index (χ2n) is 7.77. The topological polar surface area (TPSA) is 91.7 Å². The third kappa shape index (κ3) is 5.40. The number of nitrogens with one attached hydrogen (secondary N) is 1. The molecule has 0 radical (unpaired) electrons. The van der Waals surface area contributed by atoms with Gasteiger partial charge in [-0.05, 0) is 66.8 Å². The standard InChI is InChI=1S/C24H22Cl2N2O4/c25-21-11-17(12-28-23(21)26)22(29)13-27-18-6-4-14-5-7-20(10-16(14)8-18)32-19-3-1-2-15(9-19)24(30)31/h1-3,5,7,9-12,18,22,27,29H,4,6,8,13H2,(H,30,31)/t18-,22-/m0/s1. The van der Waals surface area contributed by atoms with Gasteiger partial charge in [-0.1, -0.05) is 35.3 Å². The van der Waals surface area contributed by atoms with Crippen molar-refractivity contribution in [3.63, 3.8) is 0 Å². The molecule has 3 N–H and O–H groups in total. The molecule has 8 heteroatoms. The molecule has 0 fully saturated rings. The summed E-state index contributed by atoms with van der Waals surface area (Å²) in [6.45, 7) is 0.373. The van der Waals surface area contributed by atoms with Crippen LogP contribution in [0.3, 0.4) is 0 Å². The Bertz CT molecular complexity index is 1140. The van der Waals surface area contributed by atoms with Crippen molar-refractivity contribution >= 4 is 29.2 Å². The third-order valence-corrected chi connectivity index (χ3v) is 6.21. The molecule has 0 unspecified atom stereocenters. The summed E-state index contributed by atoms with van der Waals surface area (Å²) in [5, 5.41) is 23.6. The van der Waals surface area contributed by atoms with Crippen LogP contribution >= 0.6 is 23.2 Å². The van der Waals surface area contributed by atoms with Crippen LogP contribution in [0, 0.1) is 0 Å². The smallest absolute Gasteiger partial charge is 0.335 e. The van der Waals surface area contributed by atoms with Crippen LogP contribution in [0.5, 0.6) is 11.5 Å². The first kappa shape index (κ1) is 22.6. The Morgan fingerprint density at radius 1 is 1.16 bits per heavy atom. The third-order valence-electron chi connectivity index (χ3n) is 5.52. The first-order valence-corrected chi connectivity index (χ1v) is 11.0. The number of ether oxygens (including phenoxy) is 1. The monoisotopic (exact) mass is 472 g/mol. The van der Waals surface area contributed by atoms with Crippen LogP contribution in [0.1, 0.15) is 39.6 Å². The zero-order valence-electron chi connectivity index (χ0n) is 17.1. The average Bonchev–Trinajstić information content (AvgIpc) is 2.79. The van der Waals surface area contributed by atoms with Crippen molar-refractivity contribution in [2.45, 2.75) is 31.4 Å². The van der Waals surface area contributed by atoms with Gasteiger partial charge >= 0.3 is 5.97 Å². The number of carbonyl (C=O) groups is 1. The Morgan fingerprint density at radius 2 is 1.97 bits per heavy atom. The van der Waals surface area contributed by atoms with Gasteiger partial charge < -0.3 is 20.3 Å². The molecule has 2 atom stereocenters. The van der Waals surface area contributed by atoms with E-state index < -0.39 is 12.1 Å². The van der Waals surface area contributed by atoms with E-state index in [1.54, 1.807) is 18.2 Å². The maximum atomic E-state index is 11.2. The summed E-state index contributed by atoms with van der Waals surface area (Å²) < 4.78 is 5.89. The lowest BCUT2D eigenvalue weighted by Crippen LogP contribution is -2.37. The number of rotatable bonds is 7. The van der Waals surface area contributed by atoms with E-state index in [1.807, 2.05) is 12.1 Å². The second-order valence-corrected chi connectivity index (χ2v) is 8.54. The van der Waals surface area contributed by atoms with Gasteiger partial charge in [0.25, 0.3) is 0 Å². The number of benzene rings is 2. The minimum atomic E-state index is -0.992. The number of aliphatic hydroxyl groups excluding tert-OH is 1. The van der Waals surface area contributed by atoms with Gasteiger partial charge in [-0.3, -0.25) is 0 Å². The lowest BCUT2D eigenvalue weighted by atomic mass is 9.88. The molecule has 1 aromatic heterocycles. The van der Waals surface area contributed by atoms with E-state index in [4.69, 9.17) is 33.0 Å². The van der Waals surface area contributed by atoms with Gasteiger partial charge in [0.05, 0.1) is 16.7 Å². The molecule has 2 aromatic carbocycles. The molecule has 32 heavy (non-hydrogen) atoms. The van der Waals surface area contributed by atoms with Crippen molar-refractivity contribution in [2.75, 3.05) is 6.54 Å². The number of aromatic nitrogens is 1. The number of aliphatic hydroxyl groups is 1. The first-order chi connectivity index (χ1) is 15.4. The summed E-state index contributed by atoms with van der Waals surface area (Å²) >= 11 is 11.8. The summed E-state index contributed by atoms with van der Waals surface area (Å²) in [6.07, 6.45) is 3.47. The summed E-state index contributed by atoms with van der Waals surface area (Å²) in [7, 11) is 0. The number of pyridine rings is 1. The molecule has 0 amide bonds. The molecule has 1 aliphatic carbocycles. The first-order valence-electron chi connectivity index (χ1n) is 10.2. The fraction of sp³-hybridized carbons (Fsp3) is 0.250. The highest BCUT2D eigenvalue weighted by molar-refractivity contribution is 6.41. The fourth-order valence-corrected chi connectivity index (χ4v) is 4.09. The molecule has 1 heterocycles. The van der Waals surface area contributed by atoms with E-state index in [2.05, 4.69) is 16.4 Å². The normalized spacial score (nSPS) is 16.3. The number of nitrogens with zero attached hydrogens (tertiary/aromatic N) is 1. The summed E-state index contributed by atoms with van der Waals surface area (Å²) in [5.74, 6) is 0.149. The van der Waals surface area contributed by atoms with Crippen LogP contribution in [0.2, 0.25) is 10.2 Å². The molecule has 0 saturated carbocycles. The minimum absolute atomic E-state index is 0.181. The van der Waals surface area contributed by atoms with Gasteiger partial charge in [0, 0.05) is 24.3 Å². The summed E-state index contributed by atoms with van der Waals surface area (Å²) in [5.41, 5.74) is 3.23. The fourth-order valence-electron chi connectivity index (χ4n) is 3.81. The second kappa shape index (κ2) is 9.88. The molecule has 0 saturated heterocycles. The molecule has 0 aliphatic heterocycles. The Hall–Kier alpha value is -2.64. The van der Waals surface area contributed by atoms with Crippen LogP contribution in [-0.4, -0.2) is 33.8 Å². The van der Waals surface area contributed by atoms with Gasteiger partial charge in [-0.15, -0.1) is 0 Å². The predicted molar refractivity (Wildman–Crippen MR) is 123 cm³/mol. The maximum Gasteiger partial charge on any atom is 0.335 e. The minimum Gasteiger partial charge on any atom is -0.478 e. The summed E-state index contributed by atoms with van der Waals surface area (Å²) in [6, 6.07) is 14.2. The largest absolute Gasteiger partial charge is 0.478 e. The van der Waals surface area contributed by atoms with E-state index in [0.717, 1.165) is 19.3 Å². The SMILES string of the molecule is O=C(O)c1cccc(Oc2ccc3c(c2)C[C@@H](NC[C@H](O)c2cnc(Cl)c(Cl)c2)CC3)c1. The van der Waals surface area contributed by atoms with Crippen molar-refractivity contribution in [3.8, 4) is 11.5 Å². The molecular formula is C24H22Cl2N2O4. The van der Waals surface area contributed by atoms with Crippen molar-refractivity contribution < 1.29 is 19.7 Å². The van der Waals surface area contributed by atoms with Crippen molar-refractivity contribution in [1.29, 1.82) is 0 Å². The molecule has 3 aromatic rings. The highest BCUT2D eigenvalue weighted by atomic mass is 35.5. The zero-order valence-corrected chi connectivity index (χ0v) is 18.6. The number of hydrogen-bond donors (Lipinski definition) is 3. The molecule has 4 rings (SSSR count). The van der Waals surface area contributed by atoms with Gasteiger partial charge in [0.1, 0.15) is 16.7 Å². The molecular weight excluding hydrogens is 451 g/mol. The van der Waals surface area contributed by atoms with E-state index in [1.165, 1.54) is 29.5 Å². The maximum absolute atomic E-state index is 11.2. The zero-order chi connectivity index (χ0) is 22.7. The predicted octanol–water partition coefficient (Wildman–Crippen LogP) is 5.06. The van der Waals surface area contributed by atoms with Crippen LogP contribution in [0.25, 0.3) is 0 Å². The Morgan fingerprint density at radius 3 is 2.75 bits per heavy atom. The number of halogens is 2. The summed E-state index contributed by atoms with van der Waals surface area (Å²) in [4.78, 5) is 15.2. The van der Waals surface area contributed by atoms with Crippen LogP contribution < -0.4 is 10.1 Å². The van der Waals surface area contributed by atoms with Crippen LogP contribution in [0.4, 0.5) is 0 Å². The van der Waals surface area contributed by atoms with Crippen molar-refractivity contribution in [1.82, 2.24) is 10.3 Å². The number of hydrogen-bond acceptors (Lipinski definition) is 5. The van der Waals surface area contributed by atoms with E-state index in [9.17, 15) is 9.90 Å². The number of fused-ring (bicyclic) bond motifs is 1. The molecule has 1 aliphatic rings. The van der Waals surface area contributed by atoms with Crippen molar-refractivity contribution in [2.24, 2.45) is 0 Å². The van der Waals surface area contributed by atoms with Gasteiger partial charge in [0.2, 0.25) is 0 Å². The number of carboxylic acids is 1. The number of carboxylic acid groups (broad SMARTS) is 1. The van der Waals surface area contributed by atoms with Gasteiger partial charge in [0.15, 0.2) is 0 Å². The quantitative estimate of drug-likeness (QED) is 0.416. The number of aromatic carboxylic acids is 1. The van der Waals surface area contributed by atoms with E-state index >= 15 is 0 Å². The number of aryl methyl sites for hydroxylation is 1. The Labute approximate surface area is 195 Å². The van der Waals surface area contributed by atoms with Crippen LogP contribution in [0.15, 0.2) is 54.7 Å². The lowest BCUT2D eigenvalue weighted by Gasteiger charge is -2.27. The molecule has 0 spiro atoms.